The van der Waals surface area contributed by atoms with Gasteiger partial charge in [-0.25, -0.2) is 0 Å². The molecule has 38 heavy (non-hydrogen) atoms. The maximum Gasteiger partial charge on any atom is 0.243 e. The molecule has 1 fully saturated rings. The number of halogens is 2. The van der Waals surface area contributed by atoms with Crippen LogP contribution in [0.25, 0.3) is 0 Å². The molecule has 2 amide bonds. The first-order chi connectivity index (χ1) is 18.4. The fraction of sp³-hybridized carbons (Fsp3) is 0.355. The molecule has 0 aromatic heterocycles. The smallest absolute Gasteiger partial charge is 0.243 e. The highest BCUT2D eigenvalue weighted by molar-refractivity contribution is 7.99. The van der Waals surface area contributed by atoms with Crippen molar-refractivity contribution >= 4 is 46.8 Å². The first-order valence-electron chi connectivity index (χ1n) is 13.1. The Bertz CT molecular complexity index is 1230. The Hall–Kier alpha value is -2.47. The summed E-state index contributed by atoms with van der Waals surface area (Å²) in [6, 6.07) is 23.0. The van der Waals surface area contributed by atoms with E-state index in [2.05, 4.69) is 24.4 Å². The van der Waals surface area contributed by atoms with Crippen LogP contribution in [-0.2, 0) is 28.3 Å². The van der Waals surface area contributed by atoms with Gasteiger partial charge in [0.15, 0.2) is 0 Å². The van der Waals surface area contributed by atoms with Gasteiger partial charge in [-0.15, -0.1) is 11.8 Å². The van der Waals surface area contributed by atoms with Gasteiger partial charge in [0.05, 0.1) is 15.8 Å². The Labute approximate surface area is 240 Å². The molecule has 0 bridgehead atoms. The lowest BCUT2D eigenvalue weighted by atomic mass is 10.0. The highest BCUT2D eigenvalue weighted by Crippen LogP contribution is 2.26. The molecule has 3 aromatic rings. The minimum Gasteiger partial charge on any atom is -0.352 e. The van der Waals surface area contributed by atoms with E-state index >= 15 is 0 Å². The molecule has 0 saturated heterocycles. The lowest BCUT2D eigenvalue weighted by Crippen LogP contribution is -2.52. The average Bonchev–Trinajstić information content (AvgIpc) is 3.43. The lowest BCUT2D eigenvalue weighted by Gasteiger charge is -2.32. The second kappa shape index (κ2) is 14.1. The summed E-state index contributed by atoms with van der Waals surface area (Å²) in [5.41, 5.74) is 4.26. The topological polar surface area (TPSA) is 49.4 Å². The molecule has 7 heteroatoms. The first kappa shape index (κ1) is 28.5. The van der Waals surface area contributed by atoms with Crippen LogP contribution in [0.3, 0.4) is 0 Å². The second-order valence-corrected chi connectivity index (χ2v) is 11.7. The molecule has 1 aliphatic carbocycles. The molecule has 1 N–H and O–H groups in total. The molecule has 0 unspecified atom stereocenters. The number of thioether (sulfide) groups is 1. The monoisotopic (exact) mass is 568 g/mol. The molecule has 1 aliphatic rings. The molecule has 4 nitrogen and oxygen atoms in total. The van der Waals surface area contributed by atoms with Gasteiger partial charge in [0.2, 0.25) is 11.8 Å². The van der Waals surface area contributed by atoms with Gasteiger partial charge in [-0.05, 0) is 54.2 Å². The van der Waals surface area contributed by atoms with Gasteiger partial charge >= 0.3 is 0 Å². The van der Waals surface area contributed by atoms with E-state index in [4.69, 9.17) is 23.2 Å². The fourth-order valence-electron chi connectivity index (χ4n) is 4.86. The summed E-state index contributed by atoms with van der Waals surface area (Å²) in [7, 11) is 0. The Kier molecular flexibility index (Phi) is 10.6. The van der Waals surface area contributed by atoms with Gasteiger partial charge < -0.3 is 10.2 Å². The second-order valence-electron chi connectivity index (χ2n) is 9.88. The molecule has 0 spiro atoms. The number of hydrogen-bond donors (Lipinski definition) is 1. The molecule has 200 valence electrons. The van der Waals surface area contributed by atoms with Crippen molar-refractivity contribution in [2.45, 2.75) is 63.4 Å². The summed E-state index contributed by atoms with van der Waals surface area (Å²) >= 11 is 14.0. The van der Waals surface area contributed by atoms with Crippen LogP contribution in [0.4, 0.5) is 0 Å². The highest BCUT2D eigenvalue weighted by Gasteiger charge is 2.32. The number of amides is 2. The van der Waals surface area contributed by atoms with Crippen molar-refractivity contribution in [1.29, 1.82) is 0 Å². The highest BCUT2D eigenvalue weighted by atomic mass is 35.5. The Morgan fingerprint density at radius 3 is 2.37 bits per heavy atom. The number of aryl methyl sites for hydroxylation is 1. The van der Waals surface area contributed by atoms with E-state index in [9.17, 15) is 9.59 Å². The Morgan fingerprint density at radius 1 is 0.947 bits per heavy atom. The Morgan fingerprint density at radius 2 is 1.66 bits per heavy atom. The van der Waals surface area contributed by atoms with Gasteiger partial charge in [-0.2, -0.15) is 0 Å². The zero-order valence-electron chi connectivity index (χ0n) is 21.7. The molecule has 0 radical (unpaired) electrons. The van der Waals surface area contributed by atoms with E-state index in [1.807, 2.05) is 48.5 Å². The van der Waals surface area contributed by atoms with E-state index in [0.717, 1.165) is 42.6 Å². The van der Waals surface area contributed by atoms with Crippen molar-refractivity contribution < 1.29 is 9.59 Å². The van der Waals surface area contributed by atoms with E-state index in [0.29, 0.717) is 16.5 Å². The predicted octanol–water partition coefficient (Wildman–Crippen LogP) is 7.23. The zero-order chi connectivity index (χ0) is 26.9. The number of carbonyl (C=O) groups is 2. The number of hydrogen-bond acceptors (Lipinski definition) is 3. The minimum absolute atomic E-state index is 0.0721. The van der Waals surface area contributed by atoms with Crippen molar-refractivity contribution in [3.8, 4) is 0 Å². The molecule has 1 saturated carbocycles. The molecule has 1 atom stereocenters. The van der Waals surface area contributed by atoms with Crippen LogP contribution >= 0.6 is 35.0 Å². The van der Waals surface area contributed by atoms with E-state index in [-0.39, 0.29) is 30.2 Å². The van der Waals surface area contributed by atoms with Gasteiger partial charge in [0.1, 0.15) is 6.04 Å². The molecular formula is C31H34Cl2N2O2S. The van der Waals surface area contributed by atoms with E-state index < -0.39 is 6.04 Å². The third kappa shape index (κ3) is 8.02. The third-order valence-electron chi connectivity index (χ3n) is 7.05. The van der Waals surface area contributed by atoms with Gasteiger partial charge in [-0.1, -0.05) is 96.7 Å². The van der Waals surface area contributed by atoms with Crippen molar-refractivity contribution in [3.05, 3.63) is 105 Å². The number of benzene rings is 3. The molecule has 0 aliphatic heterocycles. The summed E-state index contributed by atoms with van der Waals surface area (Å²) < 4.78 is 0. The lowest BCUT2D eigenvalue weighted by molar-refractivity contribution is -0.139. The molecule has 0 heterocycles. The van der Waals surface area contributed by atoms with Crippen LogP contribution < -0.4 is 5.32 Å². The summed E-state index contributed by atoms with van der Waals surface area (Å²) in [4.78, 5) is 29.3. The van der Waals surface area contributed by atoms with Crippen molar-refractivity contribution in [2.75, 3.05) is 5.75 Å². The van der Waals surface area contributed by atoms with Crippen LogP contribution in [0.5, 0.6) is 0 Å². The third-order valence-corrected chi connectivity index (χ3v) is 8.76. The van der Waals surface area contributed by atoms with E-state index in [1.54, 1.807) is 28.8 Å². The van der Waals surface area contributed by atoms with Gasteiger partial charge in [-0.3, -0.25) is 9.59 Å². The molecule has 3 aromatic carbocycles. The molecular weight excluding hydrogens is 535 g/mol. The maximum atomic E-state index is 13.8. The van der Waals surface area contributed by atoms with Crippen LogP contribution in [-0.4, -0.2) is 34.6 Å². The SMILES string of the molecule is Cc1ccccc1CSCC(=O)N(Cc1ccc(Cl)c(Cl)c1)[C@@H](Cc1ccccc1)C(=O)NC1CCCC1. The number of carbonyl (C=O) groups excluding carboxylic acids is 2. The van der Waals surface area contributed by atoms with Crippen LogP contribution in [0, 0.1) is 6.92 Å². The quantitative estimate of drug-likeness (QED) is 0.265. The van der Waals surface area contributed by atoms with Crippen molar-refractivity contribution in [1.82, 2.24) is 10.2 Å². The average molecular weight is 570 g/mol. The largest absolute Gasteiger partial charge is 0.352 e. The summed E-state index contributed by atoms with van der Waals surface area (Å²) in [5, 5.41) is 4.13. The number of rotatable bonds is 11. The fourth-order valence-corrected chi connectivity index (χ4v) is 6.17. The predicted molar refractivity (Wildman–Crippen MR) is 159 cm³/mol. The zero-order valence-corrected chi connectivity index (χ0v) is 24.0. The first-order valence-corrected chi connectivity index (χ1v) is 15.0. The summed E-state index contributed by atoms with van der Waals surface area (Å²) in [6.45, 7) is 2.35. The Balaban J connectivity index is 1.59. The summed E-state index contributed by atoms with van der Waals surface area (Å²) in [5.74, 6) is 0.837. The standard InChI is InChI=1S/C31H34Cl2N2O2S/c1-22-9-5-6-12-25(22)20-38-21-30(36)35(19-24-15-16-27(32)28(33)17-24)29(18-23-10-3-2-4-11-23)31(37)34-26-13-7-8-14-26/h2-6,9-12,15-17,26,29H,7-8,13-14,18-21H2,1H3,(H,34,37)/t29-/m0/s1. The van der Waals surface area contributed by atoms with Crippen LogP contribution in [0.15, 0.2) is 72.8 Å². The van der Waals surface area contributed by atoms with Crippen LogP contribution in [0.2, 0.25) is 10.0 Å². The van der Waals surface area contributed by atoms with Crippen molar-refractivity contribution in [2.24, 2.45) is 0 Å². The molecule has 4 rings (SSSR count). The van der Waals surface area contributed by atoms with Crippen molar-refractivity contribution in [3.63, 3.8) is 0 Å². The number of nitrogens with zero attached hydrogens (tertiary/aromatic N) is 1. The normalized spacial score (nSPS) is 14.3. The van der Waals surface area contributed by atoms with Gasteiger partial charge in [0, 0.05) is 24.8 Å². The maximum absolute atomic E-state index is 13.8. The van der Waals surface area contributed by atoms with Crippen LogP contribution in [0.1, 0.15) is 47.9 Å². The number of nitrogens with one attached hydrogen (secondary N) is 1. The van der Waals surface area contributed by atoms with Gasteiger partial charge in [0.25, 0.3) is 0 Å². The summed E-state index contributed by atoms with van der Waals surface area (Å²) in [6.07, 6.45) is 4.65. The minimum atomic E-state index is -0.640. The van der Waals surface area contributed by atoms with E-state index in [1.165, 1.54) is 11.1 Å².